The Balaban J connectivity index is 1.43. The molecule has 3 aromatic rings. The highest BCUT2D eigenvalue weighted by molar-refractivity contribution is 5.83. The number of carboxylic acid groups (broad SMARTS) is 1. The van der Waals surface area contributed by atoms with Gasteiger partial charge < -0.3 is 14.9 Å². The second-order valence-corrected chi connectivity index (χ2v) is 10.6. The van der Waals surface area contributed by atoms with E-state index in [0.717, 1.165) is 5.39 Å². The van der Waals surface area contributed by atoms with Crippen molar-refractivity contribution in [1.82, 2.24) is 9.88 Å². The molecule has 43 heavy (non-hydrogen) atoms. The molecule has 1 unspecified atom stereocenters. The van der Waals surface area contributed by atoms with Crippen molar-refractivity contribution in [3.05, 3.63) is 70.9 Å². The van der Waals surface area contributed by atoms with Gasteiger partial charge in [0.05, 0.1) is 36.4 Å². The van der Waals surface area contributed by atoms with Crippen molar-refractivity contribution in [3.63, 3.8) is 0 Å². The number of hydrogen-bond acceptors (Lipinski definition) is 5. The number of piperidine rings is 1. The summed E-state index contributed by atoms with van der Waals surface area (Å²) in [5.41, 5.74) is -1.88. The first-order chi connectivity index (χ1) is 20.2. The molecule has 6 nitrogen and oxygen atoms in total. The fourth-order valence-electron chi connectivity index (χ4n) is 5.51. The minimum absolute atomic E-state index is 0.0181. The van der Waals surface area contributed by atoms with Crippen molar-refractivity contribution in [2.24, 2.45) is 11.8 Å². The van der Waals surface area contributed by atoms with Crippen molar-refractivity contribution < 1.29 is 46.1 Å². The molecule has 1 aromatic heterocycles. The summed E-state index contributed by atoms with van der Waals surface area (Å²) in [5, 5.41) is 21.3. The van der Waals surface area contributed by atoms with Gasteiger partial charge >= 0.3 is 18.3 Å². The van der Waals surface area contributed by atoms with Crippen LogP contribution in [0, 0.1) is 23.7 Å². The lowest BCUT2D eigenvalue weighted by Crippen LogP contribution is -2.41. The quantitative estimate of drug-likeness (QED) is 0.223. The van der Waals surface area contributed by atoms with E-state index >= 15 is 0 Å². The molecule has 3 atom stereocenters. The van der Waals surface area contributed by atoms with Gasteiger partial charge in [0.2, 0.25) is 0 Å². The molecule has 2 N–H and O–H groups in total. The fraction of sp³-hybridized carbons (Fsp3) is 0.419. The first-order valence-corrected chi connectivity index (χ1v) is 13.6. The zero-order valence-electron chi connectivity index (χ0n) is 23.2. The fourth-order valence-corrected chi connectivity index (χ4v) is 5.51. The van der Waals surface area contributed by atoms with Crippen molar-refractivity contribution in [1.29, 1.82) is 0 Å². The number of nitrogens with zero attached hydrogens (tertiary/aromatic N) is 2. The Labute approximate surface area is 244 Å². The van der Waals surface area contributed by atoms with E-state index in [2.05, 4.69) is 16.8 Å². The van der Waals surface area contributed by atoms with Crippen LogP contribution in [0.5, 0.6) is 5.75 Å². The number of benzene rings is 2. The molecule has 1 aliphatic heterocycles. The first-order valence-electron chi connectivity index (χ1n) is 13.6. The summed E-state index contributed by atoms with van der Waals surface area (Å²) < 4.78 is 84.2. The lowest BCUT2D eigenvalue weighted by Gasteiger charge is -2.37. The molecule has 0 aliphatic carbocycles. The summed E-state index contributed by atoms with van der Waals surface area (Å²) in [7, 11) is 1.54. The predicted octanol–water partition coefficient (Wildman–Crippen LogP) is 6.56. The Morgan fingerprint density at radius 3 is 2.40 bits per heavy atom. The Kier molecular flexibility index (Phi) is 9.87. The van der Waals surface area contributed by atoms with Crippen LogP contribution >= 0.6 is 0 Å². The van der Waals surface area contributed by atoms with Crippen LogP contribution in [-0.4, -0.2) is 52.8 Å². The van der Waals surface area contributed by atoms with Gasteiger partial charge in [-0.1, -0.05) is 11.8 Å². The lowest BCUT2D eigenvalue weighted by atomic mass is 9.79. The third-order valence-electron chi connectivity index (χ3n) is 7.69. The van der Waals surface area contributed by atoms with Crippen LogP contribution in [0.2, 0.25) is 0 Å². The molecule has 12 heteroatoms. The Hall–Kier alpha value is -3.82. The highest BCUT2D eigenvalue weighted by Crippen LogP contribution is 2.37. The molecular formula is C31H30F6N2O4. The van der Waals surface area contributed by atoms with Gasteiger partial charge in [-0.2, -0.15) is 26.3 Å². The van der Waals surface area contributed by atoms with E-state index in [1.54, 1.807) is 37.6 Å². The van der Waals surface area contributed by atoms with Gasteiger partial charge in [0.25, 0.3) is 0 Å². The monoisotopic (exact) mass is 608 g/mol. The number of methoxy groups -OCH3 is 1. The summed E-state index contributed by atoms with van der Waals surface area (Å²) >= 11 is 0. The summed E-state index contributed by atoms with van der Waals surface area (Å²) in [4.78, 5) is 17.8. The maximum absolute atomic E-state index is 13.1. The van der Waals surface area contributed by atoms with E-state index < -0.39 is 41.1 Å². The number of halogens is 6. The van der Waals surface area contributed by atoms with Crippen LogP contribution in [0.4, 0.5) is 26.3 Å². The summed E-state index contributed by atoms with van der Waals surface area (Å²) in [5.74, 6) is 4.40. The number of ether oxygens (including phenoxy) is 1. The topological polar surface area (TPSA) is 82.9 Å². The number of aromatic nitrogens is 1. The lowest BCUT2D eigenvalue weighted by molar-refractivity contribution is -0.143. The molecule has 1 fully saturated rings. The van der Waals surface area contributed by atoms with Crippen molar-refractivity contribution in [3.8, 4) is 17.6 Å². The van der Waals surface area contributed by atoms with E-state index in [4.69, 9.17) is 4.74 Å². The van der Waals surface area contributed by atoms with Crippen LogP contribution < -0.4 is 4.74 Å². The third kappa shape index (κ3) is 8.39. The van der Waals surface area contributed by atoms with E-state index in [1.165, 1.54) is 0 Å². The van der Waals surface area contributed by atoms with Crippen molar-refractivity contribution in [2.75, 3.05) is 26.7 Å². The standard InChI is InChI=1S/C31H30F6N2O4/c1-43-24-5-6-27-26(17-24)25(8-10-38-27)28(40)7-4-20-9-12-39(18-21(20)15-29(41)42)11-2-3-19-13-22(30(32,33)34)16-23(14-19)31(35,36)37/h5-6,8,10,13-14,16-17,20-21,28,40H,4,7,9,11-12,15,18H2,1H3,(H,41,42)/t20-,21+,28?/m1/s1. The van der Waals surface area contributed by atoms with Gasteiger partial charge in [0.1, 0.15) is 5.75 Å². The number of fused-ring (bicyclic) bond motifs is 1. The number of aliphatic carboxylic acids is 1. The average Bonchev–Trinajstić information content (AvgIpc) is 2.94. The number of hydrogen-bond donors (Lipinski definition) is 2. The SMILES string of the molecule is COc1ccc2nccc(C(O)CC[C@@H]3CCN(CC#Cc4cc(C(F)(F)F)cc(C(F)(F)F)c4)C[C@@H]3CC(=O)O)c2c1. The van der Waals surface area contributed by atoms with E-state index in [0.29, 0.717) is 61.3 Å². The molecule has 4 rings (SSSR count). The number of aliphatic hydroxyl groups excluding tert-OH is 1. The predicted molar refractivity (Wildman–Crippen MR) is 146 cm³/mol. The van der Waals surface area contributed by atoms with Crippen molar-refractivity contribution >= 4 is 16.9 Å². The molecule has 0 amide bonds. The largest absolute Gasteiger partial charge is 0.497 e. The maximum atomic E-state index is 13.1. The van der Waals surface area contributed by atoms with E-state index in [-0.39, 0.29) is 30.9 Å². The van der Waals surface area contributed by atoms with Gasteiger partial charge in [-0.05, 0) is 85.7 Å². The Bertz CT molecular complexity index is 1480. The number of carbonyl (C=O) groups is 1. The summed E-state index contributed by atoms with van der Waals surface area (Å²) in [6.07, 6.45) is -7.72. The molecular weight excluding hydrogens is 578 g/mol. The van der Waals surface area contributed by atoms with Crippen LogP contribution in [0.1, 0.15) is 54.0 Å². The highest BCUT2D eigenvalue weighted by atomic mass is 19.4. The normalized spacial score (nSPS) is 18.6. The van der Waals surface area contributed by atoms with Gasteiger partial charge in [-0.15, -0.1) is 0 Å². The van der Waals surface area contributed by atoms with Crippen LogP contribution in [0.3, 0.4) is 0 Å². The minimum atomic E-state index is -4.96. The van der Waals surface area contributed by atoms with E-state index in [9.17, 15) is 41.4 Å². The Morgan fingerprint density at radius 1 is 1.07 bits per heavy atom. The number of rotatable bonds is 8. The molecule has 1 saturated heterocycles. The number of carboxylic acids is 1. The zero-order valence-corrected chi connectivity index (χ0v) is 23.2. The third-order valence-corrected chi connectivity index (χ3v) is 7.69. The highest BCUT2D eigenvalue weighted by Gasteiger charge is 2.37. The molecule has 0 bridgehead atoms. The molecule has 2 heterocycles. The smallest absolute Gasteiger partial charge is 0.416 e. The molecule has 0 spiro atoms. The second-order valence-electron chi connectivity index (χ2n) is 10.6. The van der Waals surface area contributed by atoms with Gasteiger partial charge in [-0.25, -0.2) is 0 Å². The molecule has 0 radical (unpaired) electrons. The van der Waals surface area contributed by atoms with Gasteiger partial charge in [0.15, 0.2) is 0 Å². The molecule has 2 aromatic carbocycles. The van der Waals surface area contributed by atoms with Crippen LogP contribution in [-0.2, 0) is 17.1 Å². The summed E-state index contributed by atoms with van der Waals surface area (Å²) in [6, 6.07) is 8.33. The zero-order chi connectivity index (χ0) is 31.4. The van der Waals surface area contributed by atoms with Crippen molar-refractivity contribution in [2.45, 2.75) is 44.1 Å². The Morgan fingerprint density at radius 2 is 1.77 bits per heavy atom. The molecule has 230 valence electrons. The number of pyridine rings is 1. The number of alkyl halides is 6. The minimum Gasteiger partial charge on any atom is -0.497 e. The molecule has 0 saturated carbocycles. The van der Waals surface area contributed by atoms with Gasteiger partial charge in [-0.3, -0.25) is 14.7 Å². The number of aliphatic hydroxyl groups is 1. The molecule has 1 aliphatic rings. The maximum Gasteiger partial charge on any atom is 0.416 e. The van der Waals surface area contributed by atoms with Crippen LogP contribution in [0.25, 0.3) is 10.9 Å². The average molecular weight is 609 g/mol. The van der Waals surface area contributed by atoms with Gasteiger partial charge in [0, 0.05) is 30.1 Å². The van der Waals surface area contributed by atoms with E-state index in [1.807, 2.05) is 4.90 Å². The second kappa shape index (κ2) is 13.2. The first kappa shape index (κ1) is 32.1. The summed E-state index contributed by atoms with van der Waals surface area (Å²) in [6.45, 7) is 0.902. The van der Waals surface area contributed by atoms with Crippen LogP contribution in [0.15, 0.2) is 48.7 Å². The number of likely N-dealkylation sites (tertiary alicyclic amines) is 1.